The highest BCUT2D eigenvalue weighted by Crippen LogP contribution is 2.31. The van der Waals surface area contributed by atoms with E-state index >= 15 is 0 Å². The molecule has 0 radical (unpaired) electrons. The molecular formula is C21H22N4O3. The van der Waals surface area contributed by atoms with Crippen molar-refractivity contribution in [3.05, 3.63) is 71.8 Å². The molecule has 2 aromatic carbocycles. The number of carbonyl (C=O) groups is 1. The third-order valence-electron chi connectivity index (χ3n) is 4.57. The summed E-state index contributed by atoms with van der Waals surface area (Å²) in [4.78, 5) is 16.1. The van der Waals surface area contributed by atoms with E-state index in [2.05, 4.69) is 15.4 Å². The fraction of sp³-hybridized carbons (Fsp3) is 0.286. The van der Waals surface area contributed by atoms with Crippen LogP contribution in [0.4, 0.5) is 0 Å². The summed E-state index contributed by atoms with van der Waals surface area (Å²) in [5.41, 5.74) is 3.27. The lowest BCUT2D eigenvalue weighted by atomic mass is 10.1. The smallest absolute Gasteiger partial charge is 0.220 e. The Kier molecular flexibility index (Phi) is 5.51. The Morgan fingerprint density at radius 3 is 2.54 bits per heavy atom. The number of benzene rings is 2. The second kappa shape index (κ2) is 8.56. The highest BCUT2D eigenvalue weighted by molar-refractivity contribution is 5.76. The molecule has 1 aliphatic rings. The SMILES string of the molecule is O=C(CCc1ccc2c(c1)OCCO2)NCc1ccc(Cn2cncn2)cc1. The quantitative estimate of drug-likeness (QED) is 0.683. The molecule has 0 saturated carbocycles. The maximum Gasteiger partial charge on any atom is 0.220 e. The summed E-state index contributed by atoms with van der Waals surface area (Å²) in [6.45, 7) is 2.34. The van der Waals surface area contributed by atoms with Gasteiger partial charge in [-0.3, -0.25) is 4.79 Å². The van der Waals surface area contributed by atoms with Crippen LogP contribution < -0.4 is 14.8 Å². The number of ether oxygens (including phenoxy) is 2. The monoisotopic (exact) mass is 378 g/mol. The number of nitrogens with zero attached hydrogens (tertiary/aromatic N) is 3. The standard InChI is InChI=1S/C21H22N4O3/c26-21(8-6-16-5-7-19-20(11-16)28-10-9-27-19)23-12-17-1-3-18(4-2-17)13-25-15-22-14-24-25/h1-5,7,11,14-15H,6,8-10,12-13H2,(H,23,26). The lowest BCUT2D eigenvalue weighted by molar-refractivity contribution is -0.121. The Morgan fingerprint density at radius 1 is 1.00 bits per heavy atom. The Morgan fingerprint density at radius 2 is 1.75 bits per heavy atom. The van der Waals surface area contributed by atoms with Crippen LogP contribution in [0.1, 0.15) is 23.1 Å². The predicted molar refractivity (Wildman–Crippen MR) is 103 cm³/mol. The zero-order valence-corrected chi connectivity index (χ0v) is 15.5. The Hall–Kier alpha value is -3.35. The van der Waals surface area contributed by atoms with E-state index in [0.717, 1.165) is 28.2 Å². The van der Waals surface area contributed by atoms with Crippen LogP contribution in [-0.2, 0) is 24.3 Å². The number of fused-ring (bicyclic) bond motifs is 1. The van der Waals surface area contributed by atoms with Crippen LogP contribution in [0.25, 0.3) is 0 Å². The minimum Gasteiger partial charge on any atom is -0.486 e. The highest BCUT2D eigenvalue weighted by Gasteiger charge is 2.12. The maximum atomic E-state index is 12.2. The van der Waals surface area contributed by atoms with Gasteiger partial charge in [0.25, 0.3) is 0 Å². The molecule has 2 heterocycles. The van der Waals surface area contributed by atoms with E-state index in [1.807, 2.05) is 42.5 Å². The number of aryl methyl sites for hydroxylation is 1. The van der Waals surface area contributed by atoms with Crippen LogP contribution in [0.15, 0.2) is 55.1 Å². The molecule has 0 atom stereocenters. The lowest BCUT2D eigenvalue weighted by Crippen LogP contribution is -2.23. The lowest BCUT2D eigenvalue weighted by Gasteiger charge is -2.18. The first-order chi connectivity index (χ1) is 13.8. The molecule has 7 heteroatoms. The van der Waals surface area contributed by atoms with E-state index in [1.165, 1.54) is 6.33 Å². The van der Waals surface area contributed by atoms with Gasteiger partial charge in [0.05, 0.1) is 6.54 Å². The van der Waals surface area contributed by atoms with Crippen LogP contribution in [-0.4, -0.2) is 33.9 Å². The van der Waals surface area contributed by atoms with E-state index in [9.17, 15) is 4.79 Å². The van der Waals surface area contributed by atoms with Gasteiger partial charge >= 0.3 is 0 Å². The number of amides is 1. The molecule has 1 N–H and O–H groups in total. The molecule has 0 spiro atoms. The third kappa shape index (κ3) is 4.68. The van der Waals surface area contributed by atoms with Gasteiger partial charge in [-0.05, 0) is 35.2 Å². The summed E-state index contributed by atoms with van der Waals surface area (Å²) >= 11 is 0. The van der Waals surface area contributed by atoms with Crippen molar-refractivity contribution in [1.29, 1.82) is 0 Å². The van der Waals surface area contributed by atoms with Crippen LogP contribution in [0.3, 0.4) is 0 Å². The van der Waals surface area contributed by atoms with Gasteiger partial charge in [-0.2, -0.15) is 5.10 Å². The number of hydrogen-bond acceptors (Lipinski definition) is 5. The molecule has 144 valence electrons. The first-order valence-electron chi connectivity index (χ1n) is 9.32. The molecule has 3 aromatic rings. The largest absolute Gasteiger partial charge is 0.486 e. The molecule has 0 aliphatic carbocycles. The number of aromatic nitrogens is 3. The van der Waals surface area contributed by atoms with Gasteiger partial charge in [-0.25, -0.2) is 9.67 Å². The van der Waals surface area contributed by atoms with Crippen molar-refractivity contribution in [3.63, 3.8) is 0 Å². The maximum absolute atomic E-state index is 12.2. The van der Waals surface area contributed by atoms with E-state index in [-0.39, 0.29) is 5.91 Å². The second-order valence-corrected chi connectivity index (χ2v) is 6.66. The molecule has 1 amide bonds. The first kappa shape index (κ1) is 18.0. The van der Waals surface area contributed by atoms with Crippen molar-refractivity contribution < 1.29 is 14.3 Å². The summed E-state index contributed by atoms with van der Waals surface area (Å²) in [6, 6.07) is 14.0. The Labute approximate surface area is 163 Å². The normalized spacial score (nSPS) is 12.6. The van der Waals surface area contributed by atoms with Crippen molar-refractivity contribution >= 4 is 5.91 Å². The van der Waals surface area contributed by atoms with Crippen LogP contribution in [0.2, 0.25) is 0 Å². The Bertz CT molecular complexity index is 923. The number of carbonyl (C=O) groups excluding carboxylic acids is 1. The van der Waals surface area contributed by atoms with E-state index in [4.69, 9.17) is 9.47 Å². The molecule has 1 aliphatic heterocycles. The van der Waals surface area contributed by atoms with Gasteiger partial charge < -0.3 is 14.8 Å². The van der Waals surface area contributed by atoms with Crippen LogP contribution in [0.5, 0.6) is 11.5 Å². The minimum absolute atomic E-state index is 0.0292. The van der Waals surface area contributed by atoms with Gasteiger partial charge in [0, 0.05) is 13.0 Å². The molecule has 4 rings (SSSR count). The average molecular weight is 378 g/mol. The van der Waals surface area contributed by atoms with E-state index in [1.54, 1.807) is 11.0 Å². The van der Waals surface area contributed by atoms with Gasteiger partial charge in [-0.1, -0.05) is 30.3 Å². The summed E-state index contributed by atoms with van der Waals surface area (Å²) in [7, 11) is 0. The minimum atomic E-state index is 0.0292. The van der Waals surface area contributed by atoms with Crippen molar-refractivity contribution in [3.8, 4) is 11.5 Å². The molecule has 28 heavy (non-hydrogen) atoms. The van der Waals surface area contributed by atoms with Gasteiger partial charge in [0.1, 0.15) is 25.9 Å². The molecular weight excluding hydrogens is 356 g/mol. The topological polar surface area (TPSA) is 78.3 Å². The molecule has 0 unspecified atom stereocenters. The van der Waals surface area contributed by atoms with Crippen molar-refractivity contribution in [2.24, 2.45) is 0 Å². The van der Waals surface area contributed by atoms with Gasteiger partial charge in [0.2, 0.25) is 5.91 Å². The predicted octanol–water partition coefficient (Wildman–Crippen LogP) is 2.35. The zero-order valence-electron chi connectivity index (χ0n) is 15.5. The fourth-order valence-electron chi connectivity index (χ4n) is 3.05. The summed E-state index contributed by atoms with van der Waals surface area (Å²) < 4.78 is 12.9. The van der Waals surface area contributed by atoms with E-state index in [0.29, 0.717) is 39.1 Å². The third-order valence-corrected chi connectivity index (χ3v) is 4.57. The number of hydrogen-bond donors (Lipinski definition) is 1. The van der Waals surface area contributed by atoms with Crippen molar-refractivity contribution in [1.82, 2.24) is 20.1 Å². The fourth-order valence-corrected chi connectivity index (χ4v) is 3.05. The Balaban J connectivity index is 1.23. The number of nitrogens with one attached hydrogen (secondary N) is 1. The highest BCUT2D eigenvalue weighted by atomic mass is 16.6. The number of rotatable bonds is 7. The molecule has 1 aromatic heterocycles. The van der Waals surface area contributed by atoms with Crippen LogP contribution in [0, 0.1) is 0 Å². The second-order valence-electron chi connectivity index (χ2n) is 6.66. The van der Waals surface area contributed by atoms with Crippen molar-refractivity contribution in [2.45, 2.75) is 25.9 Å². The summed E-state index contributed by atoms with van der Waals surface area (Å²) in [5, 5.41) is 7.07. The molecule has 0 saturated heterocycles. The average Bonchev–Trinajstić information content (AvgIpc) is 3.24. The summed E-state index contributed by atoms with van der Waals surface area (Å²) in [6.07, 6.45) is 4.31. The molecule has 7 nitrogen and oxygen atoms in total. The van der Waals surface area contributed by atoms with E-state index < -0.39 is 0 Å². The zero-order chi connectivity index (χ0) is 19.2. The van der Waals surface area contributed by atoms with Gasteiger partial charge in [-0.15, -0.1) is 0 Å². The van der Waals surface area contributed by atoms with Crippen molar-refractivity contribution in [2.75, 3.05) is 13.2 Å². The molecule has 0 fully saturated rings. The molecule has 0 bridgehead atoms. The summed E-state index contributed by atoms with van der Waals surface area (Å²) in [5.74, 6) is 1.56. The van der Waals surface area contributed by atoms with Crippen LogP contribution >= 0.6 is 0 Å². The van der Waals surface area contributed by atoms with Gasteiger partial charge in [0.15, 0.2) is 11.5 Å². The first-order valence-corrected chi connectivity index (χ1v) is 9.32.